The van der Waals surface area contributed by atoms with Crippen LogP contribution in [0.4, 0.5) is 0 Å². The summed E-state index contributed by atoms with van der Waals surface area (Å²) >= 11 is 0. The van der Waals surface area contributed by atoms with Crippen LogP contribution in [0.15, 0.2) is 18.2 Å². The van der Waals surface area contributed by atoms with Crippen LogP contribution in [0.1, 0.15) is 11.6 Å². The lowest BCUT2D eigenvalue weighted by Gasteiger charge is -2.24. The van der Waals surface area contributed by atoms with Gasteiger partial charge in [0.25, 0.3) is 0 Å². The monoisotopic (exact) mass is 243 g/mol. The molecule has 88 valence electrons. The smallest absolute Gasteiger partial charge is 0.231 e. The van der Waals surface area contributed by atoms with Crippen molar-refractivity contribution in [1.82, 2.24) is 5.32 Å². The molecule has 0 spiro atoms. The molecule has 1 aromatic rings. The van der Waals surface area contributed by atoms with Crippen molar-refractivity contribution in [3.63, 3.8) is 0 Å². The predicted molar refractivity (Wildman–Crippen MR) is 61.4 cm³/mol. The van der Waals surface area contributed by atoms with Crippen molar-refractivity contribution in [2.24, 2.45) is 0 Å². The van der Waals surface area contributed by atoms with Crippen LogP contribution in [0.2, 0.25) is 0 Å². The topological polar surface area (TPSA) is 39.7 Å². The van der Waals surface area contributed by atoms with Gasteiger partial charge in [0, 0.05) is 6.54 Å². The predicted octanol–water partition coefficient (Wildman–Crippen LogP) is 1.50. The average Bonchev–Trinajstić information content (AvgIpc) is 2.77. The molecule has 0 saturated carbocycles. The number of benzene rings is 1. The van der Waals surface area contributed by atoms with Crippen LogP contribution in [0.25, 0.3) is 0 Å². The molecule has 3 rings (SSSR count). The maximum atomic E-state index is 5.42. The quantitative estimate of drug-likeness (QED) is 0.812. The molecule has 1 saturated heterocycles. The molecule has 16 heavy (non-hydrogen) atoms. The summed E-state index contributed by atoms with van der Waals surface area (Å²) in [5.41, 5.74) is 1.19. The second-order valence-corrected chi connectivity index (χ2v) is 3.69. The van der Waals surface area contributed by atoms with Crippen LogP contribution >= 0.6 is 12.4 Å². The summed E-state index contributed by atoms with van der Waals surface area (Å²) < 4.78 is 16.0. The van der Waals surface area contributed by atoms with Gasteiger partial charge >= 0.3 is 0 Å². The van der Waals surface area contributed by atoms with Crippen LogP contribution in [-0.4, -0.2) is 26.6 Å². The summed E-state index contributed by atoms with van der Waals surface area (Å²) in [7, 11) is 0. The summed E-state index contributed by atoms with van der Waals surface area (Å²) in [5, 5.41) is 3.41. The summed E-state index contributed by atoms with van der Waals surface area (Å²) in [6, 6.07) is 6.30. The van der Waals surface area contributed by atoms with E-state index >= 15 is 0 Å². The Morgan fingerprint density at radius 3 is 2.88 bits per heavy atom. The van der Waals surface area contributed by atoms with Gasteiger partial charge in [-0.2, -0.15) is 0 Å². The molecule has 0 bridgehead atoms. The fraction of sp³-hybridized carbons (Fsp3) is 0.455. The number of morpholine rings is 1. The molecule has 4 nitrogen and oxygen atoms in total. The fourth-order valence-electron chi connectivity index (χ4n) is 1.91. The first-order chi connectivity index (χ1) is 7.43. The Hall–Kier alpha value is -0.970. The van der Waals surface area contributed by atoms with Crippen LogP contribution < -0.4 is 14.8 Å². The van der Waals surface area contributed by atoms with Crippen molar-refractivity contribution < 1.29 is 14.2 Å². The molecule has 0 radical (unpaired) electrons. The van der Waals surface area contributed by atoms with E-state index in [2.05, 4.69) is 11.4 Å². The maximum absolute atomic E-state index is 5.42. The van der Waals surface area contributed by atoms with Gasteiger partial charge < -0.3 is 19.5 Å². The Morgan fingerprint density at radius 2 is 2.06 bits per heavy atom. The molecule has 0 aromatic heterocycles. The normalized spacial score (nSPS) is 22.6. The van der Waals surface area contributed by atoms with Gasteiger partial charge in [-0.15, -0.1) is 12.4 Å². The lowest BCUT2D eigenvalue weighted by Crippen LogP contribution is -2.34. The molecule has 0 aliphatic carbocycles. The number of fused-ring (bicyclic) bond motifs is 1. The molecule has 2 heterocycles. The minimum Gasteiger partial charge on any atom is -0.454 e. The highest BCUT2D eigenvalue weighted by atomic mass is 35.5. The molecule has 2 aliphatic rings. The highest BCUT2D eigenvalue weighted by Crippen LogP contribution is 2.34. The van der Waals surface area contributed by atoms with E-state index < -0.39 is 0 Å². The van der Waals surface area contributed by atoms with Crippen LogP contribution in [0.5, 0.6) is 11.5 Å². The molecular weight excluding hydrogens is 230 g/mol. The number of halogens is 1. The minimum absolute atomic E-state index is 0. The fourth-order valence-corrected chi connectivity index (χ4v) is 1.91. The van der Waals surface area contributed by atoms with Gasteiger partial charge in [-0.3, -0.25) is 0 Å². The lowest BCUT2D eigenvalue weighted by atomic mass is 10.1. The van der Waals surface area contributed by atoms with Gasteiger partial charge in [-0.25, -0.2) is 0 Å². The van der Waals surface area contributed by atoms with E-state index in [0.29, 0.717) is 6.79 Å². The van der Waals surface area contributed by atoms with Gasteiger partial charge in [0.05, 0.1) is 19.3 Å². The maximum Gasteiger partial charge on any atom is 0.231 e. The zero-order valence-electron chi connectivity index (χ0n) is 8.77. The van der Waals surface area contributed by atoms with E-state index in [9.17, 15) is 0 Å². The Labute approximate surface area is 100 Å². The molecule has 0 unspecified atom stereocenters. The Kier molecular flexibility index (Phi) is 3.53. The molecule has 1 N–H and O–H groups in total. The van der Waals surface area contributed by atoms with E-state index in [1.807, 2.05) is 12.1 Å². The van der Waals surface area contributed by atoms with Gasteiger partial charge in [0.2, 0.25) is 6.79 Å². The second-order valence-electron chi connectivity index (χ2n) is 3.69. The van der Waals surface area contributed by atoms with Crippen molar-refractivity contribution in [1.29, 1.82) is 0 Å². The van der Waals surface area contributed by atoms with Gasteiger partial charge in [-0.05, 0) is 17.7 Å². The molecule has 1 atom stereocenters. The van der Waals surface area contributed by atoms with Crippen LogP contribution in [0.3, 0.4) is 0 Å². The van der Waals surface area contributed by atoms with Crippen molar-refractivity contribution in [2.45, 2.75) is 6.04 Å². The average molecular weight is 244 g/mol. The van der Waals surface area contributed by atoms with Crippen molar-refractivity contribution in [3.05, 3.63) is 23.8 Å². The number of hydrogen-bond acceptors (Lipinski definition) is 4. The van der Waals surface area contributed by atoms with Crippen molar-refractivity contribution >= 4 is 12.4 Å². The minimum atomic E-state index is 0. The number of nitrogens with one attached hydrogen (secondary N) is 1. The zero-order valence-corrected chi connectivity index (χ0v) is 9.59. The first kappa shape index (κ1) is 11.5. The summed E-state index contributed by atoms with van der Waals surface area (Å²) in [6.07, 6.45) is 0. The molecule has 1 fully saturated rings. The lowest BCUT2D eigenvalue weighted by molar-refractivity contribution is 0.0768. The highest BCUT2D eigenvalue weighted by molar-refractivity contribution is 5.85. The molecular formula is C11H14ClNO3. The van der Waals surface area contributed by atoms with E-state index in [1.165, 1.54) is 5.56 Å². The summed E-state index contributed by atoms with van der Waals surface area (Å²) in [6.45, 7) is 2.74. The first-order valence-corrected chi connectivity index (χ1v) is 5.14. The number of ether oxygens (including phenoxy) is 3. The van der Waals surface area contributed by atoms with E-state index in [0.717, 1.165) is 31.3 Å². The SMILES string of the molecule is Cl.c1cc2c(cc1[C@@H]1COCCN1)OCO2. The third-order valence-corrected chi connectivity index (χ3v) is 2.72. The van der Waals surface area contributed by atoms with Gasteiger partial charge in [0.15, 0.2) is 11.5 Å². The Morgan fingerprint density at radius 1 is 1.19 bits per heavy atom. The molecule has 0 amide bonds. The number of rotatable bonds is 1. The van der Waals surface area contributed by atoms with E-state index in [-0.39, 0.29) is 18.4 Å². The number of hydrogen-bond donors (Lipinski definition) is 1. The van der Waals surface area contributed by atoms with E-state index in [1.54, 1.807) is 0 Å². The van der Waals surface area contributed by atoms with E-state index in [4.69, 9.17) is 14.2 Å². The standard InChI is InChI=1S/C11H13NO3.ClH/c1-2-10-11(15-7-14-10)5-8(1)9-6-13-4-3-12-9;/h1-2,5,9,12H,3-4,6-7H2;1H/t9-;/m0./s1. The van der Waals surface area contributed by atoms with Crippen LogP contribution in [0, 0.1) is 0 Å². The van der Waals surface area contributed by atoms with Gasteiger partial charge in [-0.1, -0.05) is 6.07 Å². The third-order valence-electron chi connectivity index (χ3n) is 2.72. The molecule has 5 heteroatoms. The van der Waals surface area contributed by atoms with Crippen molar-refractivity contribution in [3.8, 4) is 11.5 Å². The Balaban J connectivity index is 0.000000963. The summed E-state index contributed by atoms with van der Waals surface area (Å²) in [5.74, 6) is 1.66. The Bertz CT molecular complexity index is 366. The first-order valence-electron chi connectivity index (χ1n) is 5.14. The molecule has 1 aromatic carbocycles. The summed E-state index contributed by atoms with van der Waals surface area (Å²) in [4.78, 5) is 0. The van der Waals surface area contributed by atoms with Crippen molar-refractivity contribution in [2.75, 3.05) is 26.6 Å². The van der Waals surface area contributed by atoms with Crippen LogP contribution in [-0.2, 0) is 4.74 Å². The molecule has 2 aliphatic heterocycles. The third kappa shape index (κ3) is 2.09. The van der Waals surface area contributed by atoms with Gasteiger partial charge in [0.1, 0.15) is 0 Å². The second kappa shape index (κ2) is 4.91. The zero-order chi connectivity index (χ0) is 10.1. The highest BCUT2D eigenvalue weighted by Gasteiger charge is 2.19. The largest absolute Gasteiger partial charge is 0.454 e.